The number of aliphatic imine (C=N–C) groups is 1. The van der Waals surface area contributed by atoms with Crippen LogP contribution >= 0.6 is 0 Å². The van der Waals surface area contributed by atoms with E-state index in [9.17, 15) is 0 Å². The third-order valence-electron chi connectivity index (χ3n) is 4.20. The van der Waals surface area contributed by atoms with Gasteiger partial charge < -0.3 is 4.74 Å². The Morgan fingerprint density at radius 1 is 1.39 bits per heavy atom. The van der Waals surface area contributed by atoms with E-state index in [1.165, 1.54) is 5.56 Å². The van der Waals surface area contributed by atoms with Gasteiger partial charge in [0.1, 0.15) is 11.4 Å². The summed E-state index contributed by atoms with van der Waals surface area (Å²) in [7, 11) is 0. The Morgan fingerprint density at radius 2 is 2.22 bits per heavy atom. The Balaban J connectivity index is 1.68. The highest BCUT2D eigenvalue weighted by molar-refractivity contribution is 6.00. The smallest absolute Gasteiger partial charge is 0.123 e. The highest BCUT2D eigenvalue weighted by Crippen LogP contribution is 2.37. The van der Waals surface area contributed by atoms with Crippen LogP contribution < -0.4 is 4.74 Å². The fourth-order valence-electron chi connectivity index (χ4n) is 2.90. The van der Waals surface area contributed by atoms with Crippen molar-refractivity contribution in [2.45, 2.75) is 31.8 Å². The maximum absolute atomic E-state index is 6.13. The van der Waals surface area contributed by atoms with Crippen LogP contribution in [0.5, 0.6) is 5.75 Å². The number of ether oxygens (including phenoxy) is 1. The molecule has 1 aromatic rings. The molecule has 1 heterocycles. The van der Waals surface area contributed by atoms with E-state index in [4.69, 9.17) is 11.2 Å². The Hall–Kier alpha value is -2.53. The molecule has 1 radical (unpaired) electrons. The van der Waals surface area contributed by atoms with Crippen LogP contribution in [-0.2, 0) is 6.42 Å². The molecule has 23 heavy (non-hydrogen) atoms. The monoisotopic (exact) mass is 302 g/mol. The van der Waals surface area contributed by atoms with E-state index >= 15 is 0 Å². The second-order valence-corrected chi connectivity index (χ2v) is 6.17. The number of para-hydroxylation sites is 1. The van der Waals surface area contributed by atoms with Crippen molar-refractivity contribution >= 4 is 5.71 Å². The fraction of sp³-hybridized carbons (Fsp3) is 0.238. The van der Waals surface area contributed by atoms with Gasteiger partial charge in [-0.2, -0.15) is 0 Å². The SMILES string of the molecule is C#CC(CCC1(C)Cc2ccccc2O1)=NC1=CC=C[CH]C1=C. The van der Waals surface area contributed by atoms with Crippen molar-refractivity contribution in [1.29, 1.82) is 0 Å². The lowest BCUT2D eigenvalue weighted by molar-refractivity contribution is 0.108. The summed E-state index contributed by atoms with van der Waals surface area (Å²) >= 11 is 0. The van der Waals surface area contributed by atoms with E-state index in [-0.39, 0.29) is 5.60 Å². The summed E-state index contributed by atoms with van der Waals surface area (Å²) in [6.07, 6.45) is 15.9. The number of rotatable bonds is 4. The van der Waals surface area contributed by atoms with Crippen LogP contribution in [0.4, 0.5) is 0 Å². The molecule has 1 aliphatic carbocycles. The maximum Gasteiger partial charge on any atom is 0.123 e. The zero-order valence-corrected chi connectivity index (χ0v) is 13.4. The van der Waals surface area contributed by atoms with Crippen LogP contribution in [0.15, 0.2) is 65.3 Å². The Kier molecular flexibility index (Phi) is 4.21. The van der Waals surface area contributed by atoms with Gasteiger partial charge in [-0.05, 0) is 36.6 Å². The van der Waals surface area contributed by atoms with Gasteiger partial charge >= 0.3 is 0 Å². The Bertz CT molecular complexity index is 733. The average Bonchev–Trinajstić information content (AvgIpc) is 2.89. The topological polar surface area (TPSA) is 21.6 Å². The molecule has 1 unspecified atom stereocenters. The van der Waals surface area contributed by atoms with E-state index in [2.05, 4.69) is 30.5 Å². The van der Waals surface area contributed by atoms with Crippen molar-refractivity contribution < 1.29 is 4.74 Å². The number of allylic oxidation sites excluding steroid dienone is 4. The number of benzene rings is 1. The van der Waals surface area contributed by atoms with Gasteiger partial charge in [-0.15, -0.1) is 6.42 Å². The predicted molar refractivity (Wildman–Crippen MR) is 95.3 cm³/mol. The lowest BCUT2D eigenvalue weighted by Gasteiger charge is -2.23. The minimum absolute atomic E-state index is 0.217. The molecule has 0 bridgehead atoms. The van der Waals surface area contributed by atoms with Crippen LogP contribution in [0, 0.1) is 18.8 Å². The molecule has 1 atom stereocenters. The number of fused-ring (bicyclic) bond motifs is 1. The van der Waals surface area contributed by atoms with Gasteiger partial charge in [0.05, 0.1) is 11.4 Å². The van der Waals surface area contributed by atoms with Crippen LogP contribution in [-0.4, -0.2) is 11.3 Å². The Labute approximate surface area is 138 Å². The van der Waals surface area contributed by atoms with E-state index in [1.54, 1.807) is 0 Å². The molecule has 115 valence electrons. The van der Waals surface area contributed by atoms with Crippen molar-refractivity contribution in [1.82, 2.24) is 0 Å². The highest BCUT2D eigenvalue weighted by Gasteiger charge is 2.34. The number of terminal acetylenes is 1. The standard InChI is InChI=1S/C21H20NO/c1-4-18(22-19-11-7-5-9-16(19)2)13-14-21(3)15-17-10-6-8-12-20(17)23-21/h1,5-12H,2,13-15H2,3H3. The van der Waals surface area contributed by atoms with Gasteiger partial charge in [0.15, 0.2) is 0 Å². The largest absolute Gasteiger partial charge is 0.487 e. The summed E-state index contributed by atoms with van der Waals surface area (Å²) in [6, 6.07) is 8.20. The molecule has 0 aromatic heterocycles. The summed E-state index contributed by atoms with van der Waals surface area (Å²) in [5, 5.41) is 0. The van der Waals surface area contributed by atoms with E-state index in [1.807, 2.05) is 42.8 Å². The molecule has 2 aliphatic rings. The van der Waals surface area contributed by atoms with Crippen molar-refractivity contribution in [3.8, 4) is 18.1 Å². The highest BCUT2D eigenvalue weighted by atomic mass is 16.5. The zero-order chi connectivity index (χ0) is 16.3. The second kappa shape index (κ2) is 6.30. The first kappa shape index (κ1) is 15.4. The predicted octanol–water partition coefficient (Wildman–Crippen LogP) is 4.45. The summed E-state index contributed by atoms with van der Waals surface area (Å²) in [5.41, 5.74) is 3.50. The molecule has 0 amide bonds. The van der Waals surface area contributed by atoms with Gasteiger partial charge in [-0.25, -0.2) is 4.99 Å². The molecule has 0 saturated carbocycles. The molecule has 0 spiro atoms. The maximum atomic E-state index is 6.13. The molecule has 0 N–H and O–H groups in total. The van der Waals surface area contributed by atoms with Gasteiger partial charge in [-0.3, -0.25) is 0 Å². The molecule has 2 nitrogen and oxygen atoms in total. The quantitative estimate of drug-likeness (QED) is 0.595. The molecule has 1 aromatic carbocycles. The van der Waals surface area contributed by atoms with Gasteiger partial charge in [0.25, 0.3) is 0 Å². The molecule has 2 heteroatoms. The third kappa shape index (κ3) is 3.46. The molecule has 3 rings (SSSR count). The summed E-state index contributed by atoms with van der Waals surface area (Å²) < 4.78 is 6.13. The first-order chi connectivity index (χ1) is 11.1. The molecule has 0 fully saturated rings. The van der Waals surface area contributed by atoms with Crippen molar-refractivity contribution in [2.24, 2.45) is 4.99 Å². The molecular weight excluding hydrogens is 282 g/mol. The van der Waals surface area contributed by atoms with Crippen LogP contribution in [0.25, 0.3) is 0 Å². The molecule has 0 saturated heterocycles. The van der Waals surface area contributed by atoms with Gasteiger partial charge in [-0.1, -0.05) is 42.9 Å². The number of nitrogens with zero attached hydrogens (tertiary/aromatic N) is 1. The third-order valence-corrected chi connectivity index (χ3v) is 4.20. The van der Waals surface area contributed by atoms with Crippen molar-refractivity contribution in [3.05, 3.63) is 72.3 Å². The van der Waals surface area contributed by atoms with E-state index in [0.29, 0.717) is 0 Å². The number of hydrogen-bond acceptors (Lipinski definition) is 2. The Morgan fingerprint density at radius 3 is 2.96 bits per heavy atom. The lowest BCUT2D eigenvalue weighted by atomic mass is 9.93. The molecule has 1 aliphatic heterocycles. The van der Waals surface area contributed by atoms with Crippen LogP contribution in [0.3, 0.4) is 0 Å². The van der Waals surface area contributed by atoms with Crippen molar-refractivity contribution in [3.63, 3.8) is 0 Å². The van der Waals surface area contributed by atoms with Crippen LogP contribution in [0.2, 0.25) is 0 Å². The summed E-state index contributed by atoms with van der Waals surface area (Å²) in [5.74, 6) is 3.69. The van der Waals surface area contributed by atoms with E-state index < -0.39 is 0 Å². The summed E-state index contributed by atoms with van der Waals surface area (Å²) in [6.45, 7) is 6.12. The lowest BCUT2D eigenvalue weighted by Crippen LogP contribution is -2.30. The molecular formula is C21H20NO. The second-order valence-electron chi connectivity index (χ2n) is 6.17. The van der Waals surface area contributed by atoms with E-state index in [0.717, 1.165) is 42.0 Å². The average molecular weight is 302 g/mol. The normalized spacial score (nSPS) is 23.0. The van der Waals surface area contributed by atoms with Crippen molar-refractivity contribution in [2.75, 3.05) is 0 Å². The first-order valence-corrected chi connectivity index (χ1v) is 7.82. The first-order valence-electron chi connectivity index (χ1n) is 7.82. The van der Waals surface area contributed by atoms with Gasteiger partial charge in [0.2, 0.25) is 0 Å². The minimum atomic E-state index is -0.217. The van der Waals surface area contributed by atoms with Crippen LogP contribution in [0.1, 0.15) is 25.3 Å². The zero-order valence-electron chi connectivity index (χ0n) is 13.4. The minimum Gasteiger partial charge on any atom is -0.487 e. The number of hydrogen-bond donors (Lipinski definition) is 0. The van der Waals surface area contributed by atoms with Gasteiger partial charge in [0, 0.05) is 19.3 Å². The summed E-state index contributed by atoms with van der Waals surface area (Å²) in [4.78, 5) is 4.58. The fourth-order valence-corrected chi connectivity index (χ4v) is 2.90.